The summed E-state index contributed by atoms with van der Waals surface area (Å²) in [6, 6.07) is 3.09. The second kappa shape index (κ2) is 4.09. The van der Waals surface area contributed by atoms with Crippen LogP contribution in [0.4, 0.5) is 10.2 Å². The van der Waals surface area contributed by atoms with Gasteiger partial charge in [-0.05, 0) is 24.6 Å². The number of aryl methyl sites for hydroxylation is 1. The molecular formula is C10H13FN2O. The van der Waals surface area contributed by atoms with Crippen LogP contribution in [0.3, 0.4) is 0 Å². The summed E-state index contributed by atoms with van der Waals surface area (Å²) in [7, 11) is 0. The van der Waals surface area contributed by atoms with Crippen LogP contribution in [-0.2, 0) is 0 Å². The lowest BCUT2D eigenvalue weighted by atomic mass is 10.2. The maximum Gasteiger partial charge on any atom is 0.177 e. The fourth-order valence-electron chi connectivity index (χ4n) is 1.17. The van der Waals surface area contributed by atoms with Crippen LogP contribution in [0.2, 0.25) is 0 Å². The zero-order valence-electron chi connectivity index (χ0n) is 8.47. The van der Waals surface area contributed by atoms with Crippen LogP contribution in [0.25, 0.3) is 11.0 Å². The normalized spacial score (nSPS) is 9.71. The third kappa shape index (κ3) is 1.69. The van der Waals surface area contributed by atoms with E-state index in [1.807, 2.05) is 13.8 Å². The van der Waals surface area contributed by atoms with Crippen LogP contribution in [0.5, 0.6) is 0 Å². The Labute approximate surface area is 81.7 Å². The molecule has 2 N–H and O–H groups in total. The van der Waals surface area contributed by atoms with Crippen molar-refractivity contribution in [3.8, 4) is 0 Å². The summed E-state index contributed by atoms with van der Waals surface area (Å²) in [4.78, 5) is 0. The molecule has 0 unspecified atom stereocenters. The molecule has 14 heavy (non-hydrogen) atoms. The van der Waals surface area contributed by atoms with Gasteiger partial charge < -0.3 is 10.3 Å². The molecule has 2 rings (SSSR count). The molecule has 2 aromatic rings. The van der Waals surface area contributed by atoms with Gasteiger partial charge in [-0.3, -0.25) is 0 Å². The molecule has 4 heteroatoms. The van der Waals surface area contributed by atoms with E-state index < -0.39 is 0 Å². The first-order valence-electron chi connectivity index (χ1n) is 4.49. The highest BCUT2D eigenvalue weighted by Crippen LogP contribution is 2.24. The summed E-state index contributed by atoms with van der Waals surface area (Å²) in [5, 5.41) is 3.72. The molecule has 1 heterocycles. The van der Waals surface area contributed by atoms with Gasteiger partial charge in [0.05, 0.1) is 0 Å². The van der Waals surface area contributed by atoms with E-state index in [1.165, 1.54) is 6.07 Å². The van der Waals surface area contributed by atoms with Gasteiger partial charge in [-0.15, -0.1) is 0 Å². The van der Waals surface area contributed by atoms with Gasteiger partial charge in [0, 0.05) is 0 Å². The second-order valence-electron chi connectivity index (χ2n) is 2.69. The first kappa shape index (κ1) is 10.5. The number of nitrogens with two attached hydrogens (primary N) is 1. The number of benzene rings is 1. The number of aromatic nitrogens is 1. The van der Waals surface area contributed by atoms with Crippen LogP contribution in [0.1, 0.15) is 19.4 Å². The van der Waals surface area contributed by atoms with E-state index in [-0.39, 0.29) is 17.0 Å². The van der Waals surface area contributed by atoms with Gasteiger partial charge in [0.1, 0.15) is 11.2 Å². The highest BCUT2D eigenvalue weighted by Gasteiger charge is 2.10. The van der Waals surface area contributed by atoms with Gasteiger partial charge in [-0.25, -0.2) is 4.39 Å². The lowest BCUT2D eigenvalue weighted by molar-refractivity contribution is 0.460. The lowest BCUT2D eigenvalue weighted by Crippen LogP contribution is -1.86. The molecule has 0 atom stereocenters. The largest absolute Gasteiger partial charge is 0.380 e. The zero-order chi connectivity index (χ0) is 10.7. The summed E-state index contributed by atoms with van der Waals surface area (Å²) in [6.07, 6.45) is 0. The van der Waals surface area contributed by atoms with Gasteiger partial charge in [0.2, 0.25) is 0 Å². The van der Waals surface area contributed by atoms with Crippen molar-refractivity contribution in [1.29, 1.82) is 0 Å². The van der Waals surface area contributed by atoms with Crippen molar-refractivity contribution in [3.63, 3.8) is 0 Å². The number of halogens is 1. The Hall–Kier alpha value is -1.58. The van der Waals surface area contributed by atoms with Gasteiger partial charge in [-0.1, -0.05) is 19.0 Å². The van der Waals surface area contributed by atoms with E-state index in [2.05, 4.69) is 5.16 Å². The quantitative estimate of drug-likeness (QED) is 0.704. The number of hydrogen-bond donors (Lipinski definition) is 1. The first-order chi connectivity index (χ1) is 6.68. The molecule has 0 amide bonds. The van der Waals surface area contributed by atoms with Crippen molar-refractivity contribution in [1.82, 2.24) is 5.16 Å². The van der Waals surface area contributed by atoms with Gasteiger partial charge in [0.25, 0.3) is 0 Å². The highest BCUT2D eigenvalue weighted by atomic mass is 19.1. The molecule has 0 radical (unpaired) electrons. The third-order valence-electron chi connectivity index (χ3n) is 1.70. The molecule has 0 aliphatic rings. The minimum Gasteiger partial charge on any atom is -0.380 e. The molecule has 1 aromatic heterocycles. The van der Waals surface area contributed by atoms with Crippen molar-refractivity contribution in [2.75, 3.05) is 5.73 Å². The predicted octanol–water partition coefficient (Wildman–Crippen LogP) is 2.88. The summed E-state index contributed by atoms with van der Waals surface area (Å²) < 4.78 is 18.0. The molecule has 0 aliphatic carbocycles. The maximum atomic E-state index is 13.2. The van der Waals surface area contributed by atoms with E-state index in [4.69, 9.17) is 10.3 Å². The van der Waals surface area contributed by atoms with Crippen LogP contribution in [-0.4, -0.2) is 5.16 Å². The number of hydrogen-bond acceptors (Lipinski definition) is 3. The topological polar surface area (TPSA) is 52.0 Å². The molecular weight excluding hydrogens is 183 g/mol. The molecule has 0 aliphatic heterocycles. The number of fused-ring (bicyclic) bond motifs is 1. The molecule has 1 aromatic carbocycles. The zero-order valence-corrected chi connectivity index (χ0v) is 8.47. The van der Waals surface area contributed by atoms with E-state index in [0.29, 0.717) is 5.58 Å². The standard InChI is InChI=1S/C8H7FN2O.C2H6/c1-4-2-5(9)7-6(3-4)12-11-8(7)10;1-2/h2-3H,1H3,(H2,10,11);1-2H3. The molecule has 0 spiro atoms. The van der Waals surface area contributed by atoms with Crippen molar-refractivity contribution >= 4 is 16.8 Å². The SMILES string of the molecule is CC.Cc1cc(F)c2c(N)noc2c1. The maximum absolute atomic E-state index is 13.2. The third-order valence-corrected chi connectivity index (χ3v) is 1.70. The molecule has 0 saturated heterocycles. The Balaban J connectivity index is 0.000000461. The minimum atomic E-state index is -0.385. The van der Waals surface area contributed by atoms with Crippen LogP contribution in [0.15, 0.2) is 16.7 Å². The van der Waals surface area contributed by atoms with Crippen molar-refractivity contribution in [3.05, 3.63) is 23.5 Å². The average molecular weight is 196 g/mol. The van der Waals surface area contributed by atoms with Gasteiger partial charge >= 0.3 is 0 Å². The monoisotopic (exact) mass is 196 g/mol. The summed E-state index contributed by atoms with van der Waals surface area (Å²) >= 11 is 0. The smallest absolute Gasteiger partial charge is 0.177 e. The van der Waals surface area contributed by atoms with Gasteiger partial charge in [-0.2, -0.15) is 0 Å². The van der Waals surface area contributed by atoms with E-state index in [0.717, 1.165) is 5.56 Å². The number of rotatable bonds is 0. The van der Waals surface area contributed by atoms with Crippen molar-refractivity contribution < 1.29 is 8.91 Å². The van der Waals surface area contributed by atoms with Crippen molar-refractivity contribution in [2.45, 2.75) is 20.8 Å². The van der Waals surface area contributed by atoms with Crippen molar-refractivity contribution in [2.24, 2.45) is 0 Å². The molecule has 76 valence electrons. The number of anilines is 1. The Morgan fingerprint density at radius 3 is 2.64 bits per heavy atom. The number of nitrogen functional groups attached to an aromatic ring is 1. The highest BCUT2D eigenvalue weighted by molar-refractivity contribution is 5.87. The minimum absolute atomic E-state index is 0.0995. The van der Waals surface area contributed by atoms with Gasteiger partial charge in [0.15, 0.2) is 11.4 Å². The molecule has 0 fully saturated rings. The lowest BCUT2D eigenvalue weighted by Gasteiger charge is -1.93. The van der Waals surface area contributed by atoms with Crippen LogP contribution >= 0.6 is 0 Å². The fraction of sp³-hybridized carbons (Fsp3) is 0.300. The molecule has 3 nitrogen and oxygen atoms in total. The number of nitrogens with zero attached hydrogens (tertiary/aromatic N) is 1. The average Bonchev–Trinajstić information content (AvgIpc) is 2.51. The second-order valence-corrected chi connectivity index (χ2v) is 2.69. The van der Waals surface area contributed by atoms with E-state index in [1.54, 1.807) is 13.0 Å². The first-order valence-corrected chi connectivity index (χ1v) is 4.49. The fourth-order valence-corrected chi connectivity index (χ4v) is 1.17. The predicted molar refractivity (Wildman–Crippen MR) is 54.5 cm³/mol. The molecule has 0 bridgehead atoms. The summed E-state index contributed by atoms with van der Waals surface area (Å²) in [6.45, 7) is 5.78. The van der Waals surface area contributed by atoms with Crippen LogP contribution < -0.4 is 5.73 Å². The summed E-state index contributed by atoms with van der Waals surface area (Å²) in [5.41, 5.74) is 6.56. The molecule has 0 saturated carbocycles. The van der Waals surface area contributed by atoms with Crippen LogP contribution in [0, 0.1) is 12.7 Å². The van der Waals surface area contributed by atoms with E-state index >= 15 is 0 Å². The Kier molecular flexibility index (Phi) is 3.06. The Morgan fingerprint density at radius 1 is 1.36 bits per heavy atom. The summed E-state index contributed by atoms with van der Waals surface area (Å²) in [5.74, 6) is -0.286. The van der Waals surface area contributed by atoms with E-state index in [9.17, 15) is 4.39 Å². The Morgan fingerprint density at radius 2 is 2.00 bits per heavy atom. The Bertz CT molecular complexity index is 437.